The fourth-order valence-corrected chi connectivity index (χ4v) is 9.92. The van der Waals surface area contributed by atoms with Gasteiger partial charge in [-0.25, -0.2) is 0 Å². The Bertz CT molecular complexity index is 1130. The highest BCUT2D eigenvalue weighted by atomic mass is 32.2. The number of hydrogen-bond acceptors (Lipinski definition) is 5. The molecule has 224 valence electrons. The van der Waals surface area contributed by atoms with Crippen LogP contribution in [0.3, 0.4) is 0 Å². The van der Waals surface area contributed by atoms with E-state index in [0.717, 1.165) is 18.4 Å². The van der Waals surface area contributed by atoms with E-state index in [-0.39, 0.29) is 41.4 Å². The number of hydrogen-bond donors (Lipinski definition) is 1. The Hall–Kier alpha value is -2.58. The maximum absolute atomic E-state index is 14.8. The quantitative estimate of drug-likeness (QED) is 0.330. The molecule has 0 radical (unpaired) electrons. The van der Waals surface area contributed by atoms with E-state index >= 15 is 0 Å². The summed E-state index contributed by atoms with van der Waals surface area (Å²) in [4.78, 5) is 48.8. The molecule has 7 atom stereocenters. The van der Waals surface area contributed by atoms with Crippen molar-refractivity contribution in [3.63, 3.8) is 0 Å². The van der Waals surface area contributed by atoms with Crippen LogP contribution in [0.15, 0.2) is 55.6 Å². The third kappa shape index (κ3) is 5.62. The maximum atomic E-state index is 14.8. The van der Waals surface area contributed by atoms with Crippen molar-refractivity contribution < 1.29 is 19.5 Å². The minimum absolute atomic E-state index is 0.0129. The second kappa shape index (κ2) is 13.2. The van der Waals surface area contributed by atoms with Gasteiger partial charge in [0.1, 0.15) is 6.04 Å². The lowest BCUT2D eigenvalue weighted by atomic mass is 9.65. The van der Waals surface area contributed by atoms with Crippen LogP contribution >= 0.6 is 11.8 Å². The zero-order chi connectivity index (χ0) is 29.9. The molecule has 3 fully saturated rings. The Balaban J connectivity index is 1.81. The summed E-state index contributed by atoms with van der Waals surface area (Å²) in [5, 5.41) is 10.6. The largest absolute Gasteiger partial charge is 0.394 e. The molecule has 2 bridgehead atoms. The van der Waals surface area contributed by atoms with Gasteiger partial charge in [0, 0.05) is 31.4 Å². The smallest absolute Gasteiger partial charge is 0.247 e. The fourth-order valence-electron chi connectivity index (χ4n) is 7.53. The average molecular weight is 582 g/mol. The van der Waals surface area contributed by atoms with Gasteiger partial charge in [0.25, 0.3) is 0 Å². The lowest BCUT2D eigenvalue weighted by Crippen LogP contribution is -2.59. The Kier molecular flexibility index (Phi) is 10.1. The average Bonchev–Trinajstić information content (AvgIpc) is 3.54. The van der Waals surface area contributed by atoms with Crippen LogP contribution < -0.4 is 0 Å². The van der Waals surface area contributed by atoms with Gasteiger partial charge >= 0.3 is 0 Å². The van der Waals surface area contributed by atoms with Gasteiger partial charge in [-0.1, -0.05) is 70.2 Å². The standard InChI is InChI=1S/C33H47N3O4S/c1-7-15-34(16-8-2)30(38)27-26-19-23(6)33(41-26)28(27)31(39)36(25(21-37)18-22(4)5)29(33)32(40)35(17-9-3)20-24-13-11-10-12-14-24/h7,9-14,22-23,25-29,37H,1,3,8,15-21H2,2,4-6H3/t23?,25-,26-,27+,28+,29?,33?/m1/s1. The van der Waals surface area contributed by atoms with Crippen molar-refractivity contribution in [2.45, 2.75) is 75.6 Å². The minimum Gasteiger partial charge on any atom is -0.394 e. The van der Waals surface area contributed by atoms with Gasteiger partial charge in [-0.2, -0.15) is 0 Å². The van der Waals surface area contributed by atoms with Crippen LogP contribution in [0.25, 0.3) is 0 Å². The lowest BCUT2D eigenvalue weighted by molar-refractivity contribution is -0.147. The molecule has 7 nitrogen and oxygen atoms in total. The number of likely N-dealkylation sites (tertiary alicyclic amines) is 1. The summed E-state index contributed by atoms with van der Waals surface area (Å²) < 4.78 is -0.730. The van der Waals surface area contributed by atoms with E-state index in [1.807, 2.05) is 42.2 Å². The highest BCUT2D eigenvalue weighted by Crippen LogP contribution is 2.69. The maximum Gasteiger partial charge on any atom is 0.247 e. The van der Waals surface area contributed by atoms with Crippen LogP contribution in [0.4, 0.5) is 0 Å². The first kappa shape index (κ1) is 31.4. The molecular formula is C33H47N3O4S. The first-order valence-electron chi connectivity index (χ1n) is 15.1. The van der Waals surface area contributed by atoms with Gasteiger partial charge in [0.05, 0.1) is 29.2 Å². The number of amides is 3. The van der Waals surface area contributed by atoms with Gasteiger partial charge in [0.15, 0.2) is 0 Å². The summed E-state index contributed by atoms with van der Waals surface area (Å²) in [7, 11) is 0. The summed E-state index contributed by atoms with van der Waals surface area (Å²) in [6.45, 7) is 17.6. The van der Waals surface area contributed by atoms with E-state index < -0.39 is 28.7 Å². The van der Waals surface area contributed by atoms with Gasteiger partial charge in [0.2, 0.25) is 17.7 Å². The fraction of sp³-hybridized carbons (Fsp3) is 0.606. The topological polar surface area (TPSA) is 81.2 Å². The van der Waals surface area contributed by atoms with Crippen molar-refractivity contribution in [2.75, 3.05) is 26.2 Å². The first-order chi connectivity index (χ1) is 19.7. The number of carbonyl (C=O) groups excluding carboxylic acids is 3. The molecular weight excluding hydrogens is 534 g/mol. The van der Waals surface area contributed by atoms with Crippen molar-refractivity contribution in [3.05, 3.63) is 61.2 Å². The lowest BCUT2D eigenvalue weighted by Gasteiger charge is -2.42. The molecule has 0 aliphatic carbocycles. The summed E-state index contributed by atoms with van der Waals surface area (Å²) >= 11 is 1.69. The van der Waals surface area contributed by atoms with Crippen molar-refractivity contribution in [1.82, 2.24) is 14.7 Å². The molecule has 1 aromatic rings. The SMILES string of the molecule is C=CCN(Cc1ccccc1)C(=O)C1N([C@@H](CO)CC(C)C)C(=O)[C@@H]2[C@@H](C(=O)N(CC=C)CCC)[C@H]3CC(C)C12S3. The van der Waals surface area contributed by atoms with Gasteiger partial charge in [-0.3, -0.25) is 14.4 Å². The molecule has 41 heavy (non-hydrogen) atoms. The number of rotatable bonds is 14. The number of aliphatic hydroxyl groups excluding tert-OH is 1. The van der Waals surface area contributed by atoms with Gasteiger partial charge in [-0.05, 0) is 36.7 Å². The second-order valence-electron chi connectivity index (χ2n) is 12.3. The van der Waals surface area contributed by atoms with E-state index in [1.165, 1.54) is 0 Å². The molecule has 4 rings (SSSR count). The molecule has 3 aliphatic rings. The van der Waals surface area contributed by atoms with E-state index in [9.17, 15) is 19.5 Å². The predicted octanol–water partition coefficient (Wildman–Crippen LogP) is 4.37. The van der Waals surface area contributed by atoms with Crippen LogP contribution in [-0.4, -0.2) is 85.8 Å². The highest BCUT2D eigenvalue weighted by molar-refractivity contribution is 8.02. The third-order valence-electron chi connectivity index (χ3n) is 9.08. The van der Waals surface area contributed by atoms with E-state index in [1.54, 1.807) is 33.7 Å². The number of fused-ring (bicyclic) bond motifs is 1. The summed E-state index contributed by atoms with van der Waals surface area (Å²) in [5.41, 5.74) is 0.998. The van der Waals surface area contributed by atoms with Crippen LogP contribution in [0.5, 0.6) is 0 Å². The highest BCUT2D eigenvalue weighted by Gasteiger charge is 2.77. The number of benzene rings is 1. The molecule has 3 aliphatic heterocycles. The molecule has 0 saturated carbocycles. The predicted molar refractivity (Wildman–Crippen MR) is 165 cm³/mol. The Morgan fingerprint density at radius 2 is 1.80 bits per heavy atom. The molecule has 1 N–H and O–H groups in total. The first-order valence-corrected chi connectivity index (χ1v) is 16.0. The summed E-state index contributed by atoms with van der Waals surface area (Å²) in [5.74, 6) is -1.11. The Labute approximate surface area is 250 Å². The molecule has 1 spiro atoms. The van der Waals surface area contributed by atoms with Crippen molar-refractivity contribution in [2.24, 2.45) is 23.7 Å². The molecule has 3 saturated heterocycles. The van der Waals surface area contributed by atoms with Crippen molar-refractivity contribution >= 4 is 29.5 Å². The Morgan fingerprint density at radius 1 is 1.15 bits per heavy atom. The number of thioether (sulfide) groups is 1. The van der Waals surface area contributed by atoms with E-state index in [0.29, 0.717) is 32.6 Å². The second-order valence-corrected chi connectivity index (χ2v) is 13.9. The number of carbonyl (C=O) groups is 3. The van der Waals surface area contributed by atoms with Crippen LogP contribution in [0.2, 0.25) is 0 Å². The van der Waals surface area contributed by atoms with Crippen LogP contribution in [-0.2, 0) is 20.9 Å². The normalized spacial score (nSPS) is 29.0. The van der Waals surface area contributed by atoms with Crippen LogP contribution in [0, 0.1) is 23.7 Å². The number of nitrogens with zero attached hydrogens (tertiary/aromatic N) is 3. The van der Waals surface area contributed by atoms with Gasteiger partial charge < -0.3 is 19.8 Å². The van der Waals surface area contributed by atoms with Crippen molar-refractivity contribution in [1.29, 1.82) is 0 Å². The monoisotopic (exact) mass is 581 g/mol. The molecule has 1 aromatic carbocycles. The van der Waals surface area contributed by atoms with Crippen LogP contribution in [0.1, 0.15) is 52.5 Å². The molecule has 3 unspecified atom stereocenters. The molecule has 0 aromatic heterocycles. The molecule has 8 heteroatoms. The van der Waals surface area contributed by atoms with Gasteiger partial charge in [-0.15, -0.1) is 24.9 Å². The molecule has 3 amide bonds. The summed E-state index contributed by atoms with van der Waals surface area (Å²) in [6, 6.07) is 8.58. The van der Waals surface area contributed by atoms with E-state index in [4.69, 9.17) is 0 Å². The third-order valence-corrected chi connectivity index (χ3v) is 11.2. The van der Waals surface area contributed by atoms with Crippen molar-refractivity contribution in [3.8, 4) is 0 Å². The Morgan fingerprint density at radius 3 is 2.39 bits per heavy atom. The minimum atomic E-state index is -0.763. The van der Waals surface area contributed by atoms with E-state index in [2.05, 4.69) is 33.9 Å². The summed E-state index contributed by atoms with van der Waals surface area (Å²) in [6.07, 6.45) is 5.64. The molecule has 3 heterocycles. The number of aliphatic hydroxyl groups is 1. The zero-order valence-corrected chi connectivity index (χ0v) is 25.9. The zero-order valence-electron chi connectivity index (χ0n) is 25.1.